The number of hydrogen-bond donors (Lipinski definition) is 1. The quantitative estimate of drug-likeness (QED) is 0.572. The Hall–Kier alpha value is -0.0800. The number of nitrogens with one attached hydrogen (secondary N) is 1. The van der Waals surface area contributed by atoms with Gasteiger partial charge in [-0.3, -0.25) is 5.32 Å². The molecule has 1 saturated carbocycles. The van der Waals surface area contributed by atoms with Gasteiger partial charge in [0.1, 0.15) is 0 Å². The molecule has 11 heavy (non-hydrogen) atoms. The zero-order valence-electron chi connectivity index (χ0n) is 7.18. The van der Waals surface area contributed by atoms with Crippen molar-refractivity contribution in [2.75, 3.05) is 6.73 Å². The van der Waals surface area contributed by atoms with Crippen molar-refractivity contribution in [3.8, 4) is 0 Å². The standard InChI is InChI=1S/C9H17NO/c1-7-8-4-2-3-5-9(8)10-6-11-7/h7-10H,2-6H2,1H3. The Bertz CT molecular complexity index is 136. The van der Waals surface area contributed by atoms with Gasteiger partial charge in [0.15, 0.2) is 0 Å². The van der Waals surface area contributed by atoms with E-state index in [0.717, 1.165) is 18.7 Å². The van der Waals surface area contributed by atoms with Crippen LogP contribution >= 0.6 is 0 Å². The Balaban J connectivity index is 1.99. The SMILES string of the molecule is CC1OCNC2CCCCC21. The third-order valence-electron chi connectivity index (χ3n) is 3.11. The largest absolute Gasteiger partial charge is 0.363 e. The Morgan fingerprint density at radius 3 is 2.91 bits per heavy atom. The van der Waals surface area contributed by atoms with Crippen molar-refractivity contribution in [2.24, 2.45) is 5.92 Å². The lowest BCUT2D eigenvalue weighted by molar-refractivity contribution is -0.0571. The van der Waals surface area contributed by atoms with Gasteiger partial charge in [0.25, 0.3) is 0 Å². The van der Waals surface area contributed by atoms with E-state index in [-0.39, 0.29) is 0 Å². The van der Waals surface area contributed by atoms with Gasteiger partial charge < -0.3 is 4.74 Å². The average molecular weight is 155 g/mol. The monoisotopic (exact) mass is 155 g/mol. The second-order valence-electron chi connectivity index (χ2n) is 3.78. The number of fused-ring (bicyclic) bond motifs is 1. The van der Waals surface area contributed by atoms with Gasteiger partial charge in [-0.2, -0.15) is 0 Å². The Kier molecular flexibility index (Phi) is 2.14. The van der Waals surface area contributed by atoms with Gasteiger partial charge >= 0.3 is 0 Å². The maximum Gasteiger partial charge on any atom is 0.0971 e. The first-order valence-corrected chi connectivity index (χ1v) is 4.73. The highest BCUT2D eigenvalue weighted by atomic mass is 16.5. The topological polar surface area (TPSA) is 21.3 Å². The minimum Gasteiger partial charge on any atom is -0.363 e. The van der Waals surface area contributed by atoms with Gasteiger partial charge in [-0.1, -0.05) is 12.8 Å². The third-order valence-corrected chi connectivity index (χ3v) is 3.11. The Morgan fingerprint density at radius 1 is 1.27 bits per heavy atom. The fourth-order valence-corrected chi connectivity index (χ4v) is 2.39. The molecule has 0 aromatic carbocycles. The summed E-state index contributed by atoms with van der Waals surface area (Å²) in [5, 5.41) is 3.43. The molecule has 0 amide bonds. The highest BCUT2D eigenvalue weighted by molar-refractivity contribution is 4.86. The summed E-state index contributed by atoms with van der Waals surface area (Å²) in [6.45, 7) is 2.98. The molecule has 1 aliphatic carbocycles. The maximum absolute atomic E-state index is 5.54. The van der Waals surface area contributed by atoms with Crippen LogP contribution in [0.25, 0.3) is 0 Å². The molecule has 0 radical (unpaired) electrons. The van der Waals surface area contributed by atoms with Crippen LogP contribution in [0.1, 0.15) is 32.6 Å². The highest BCUT2D eigenvalue weighted by Gasteiger charge is 2.32. The van der Waals surface area contributed by atoms with Crippen LogP contribution in [0.15, 0.2) is 0 Å². The summed E-state index contributed by atoms with van der Waals surface area (Å²) in [6, 6.07) is 0.757. The lowest BCUT2D eigenvalue weighted by Gasteiger charge is -2.40. The molecule has 0 aromatic heterocycles. The van der Waals surface area contributed by atoms with E-state index in [9.17, 15) is 0 Å². The Morgan fingerprint density at radius 2 is 2.09 bits per heavy atom. The summed E-state index contributed by atoms with van der Waals surface area (Å²) in [4.78, 5) is 0. The van der Waals surface area contributed by atoms with Crippen molar-refractivity contribution < 1.29 is 4.74 Å². The van der Waals surface area contributed by atoms with Crippen LogP contribution in [-0.4, -0.2) is 18.9 Å². The molecule has 2 fully saturated rings. The van der Waals surface area contributed by atoms with E-state index >= 15 is 0 Å². The normalized spacial score (nSPS) is 45.0. The molecule has 1 saturated heterocycles. The zero-order chi connectivity index (χ0) is 7.68. The summed E-state index contributed by atoms with van der Waals surface area (Å²) >= 11 is 0. The van der Waals surface area contributed by atoms with Crippen molar-refractivity contribution in [3.05, 3.63) is 0 Å². The predicted octanol–water partition coefficient (Wildman–Crippen LogP) is 1.51. The summed E-state index contributed by atoms with van der Waals surface area (Å²) in [6.07, 6.45) is 6.01. The minimum absolute atomic E-state index is 0.488. The molecule has 3 unspecified atom stereocenters. The van der Waals surface area contributed by atoms with Gasteiger partial charge in [0, 0.05) is 12.0 Å². The zero-order valence-corrected chi connectivity index (χ0v) is 7.18. The minimum atomic E-state index is 0.488. The van der Waals surface area contributed by atoms with Gasteiger partial charge in [0.2, 0.25) is 0 Å². The van der Waals surface area contributed by atoms with Crippen molar-refractivity contribution in [1.82, 2.24) is 5.32 Å². The van der Waals surface area contributed by atoms with E-state index < -0.39 is 0 Å². The van der Waals surface area contributed by atoms with E-state index in [2.05, 4.69) is 12.2 Å². The lowest BCUT2D eigenvalue weighted by atomic mass is 9.81. The van der Waals surface area contributed by atoms with Crippen LogP contribution in [-0.2, 0) is 4.74 Å². The molecule has 0 spiro atoms. The van der Waals surface area contributed by atoms with Gasteiger partial charge in [-0.05, 0) is 19.8 Å². The molecular weight excluding hydrogens is 138 g/mol. The Labute approximate surface area is 68.3 Å². The van der Waals surface area contributed by atoms with Crippen molar-refractivity contribution in [3.63, 3.8) is 0 Å². The van der Waals surface area contributed by atoms with Gasteiger partial charge in [-0.15, -0.1) is 0 Å². The maximum atomic E-state index is 5.54. The predicted molar refractivity (Wildman–Crippen MR) is 44.3 cm³/mol. The number of rotatable bonds is 0. The van der Waals surface area contributed by atoms with Gasteiger partial charge in [-0.25, -0.2) is 0 Å². The summed E-state index contributed by atoms with van der Waals surface area (Å²) in [5.41, 5.74) is 0. The van der Waals surface area contributed by atoms with E-state index in [0.29, 0.717) is 6.10 Å². The number of hydrogen-bond acceptors (Lipinski definition) is 2. The fourth-order valence-electron chi connectivity index (χ4n) is 2.39. The average Bonchev–Trinajstić information content (AvgIpc) is 2.06. The molecular formula is C9H17NO. The molecule has 2 aliphatic rings. The molecule has 64 valence electrons. The van der Waals surface area contributed by atoms with Crippen LogP contribution in [0.5, 0.6) is 0 Å². The lowest BCUT2D eigenvalue weighted by Crippen LogP contribution is -2.50. The number of ether oxygens (including phenoxy) is 1. The third kappa shape index (κ3) is 1.42. The molecule has 1 N–H and O–H groups in total. The van der Waals surface area contributed by atoms with E-state index in [4.69, 9.17) is 4.74 Å². The van der Waals surface area contributed by atoms with Crippen LogP contribution in [0.3, 0.4) is 0 Å². The summed E-state index contributed by atoms with van der Waals surface area (Å²) in [7, 11) is 0. The summed E-state index contributed by atoms with van der Waals surface area (Å²) in [5.74, 6) is 0.789. The molecule has 2 rings (SSSR count). The fraction of sp³-hybridized carbons (Fsp3) is 1.00. The second kappa shape index (κ2) is 3.11. The first-order chi connectivity index (χ1) is 5.38. The molecule has 2 nitrogen and oxygen atoms in total. The van der Waals surface area contributed by atoms with Crippen LogP contribution < -0.4 is 5.32 Å². The molecule has 0 bridgehead atoms. The first kappa shape index (κ1) is 7.56. The molecule has 0 aromatic rings. The molecule has 2 heteroatoms. The van der Waals surface area contributed by atoms with Crippen molar-refractivity contribution in [2.45, 2.75) is 44.8 Å². The molecule has 1 aliphatic heterocycles. The van der Waals surface area contributed by atoms with Gasteiger partial charge in [0.05, 0.1) is 12.8 Å². The molecule has 3 atom stereocenters. The highest BCUT2D eigenvalue weighted by Crippen LogP contribution is 2.30. The molecule has 1 heterocycles. The first-order valence-electron chi connectivity index (χ1n) is 4.73. The van der Waals surface area contributed by atoms with E-state index in [1.807, 2.05) is 0 Å². The van der Waals surface area contributed by atoms with Crippen molar-refractivity contribution >= 4 is 0 Å². The summed E-state index contributed by atoms with van der Waals surface area (Å²) < 4.78 is 5.54. The van der Waals surface area contributed by atoms with Crippen LogP contribution in [0.2, 0.25) is 0 Å². The smallest absolute Gasteiger partial charge is 0.0971 e. The van der Waals surface area contributed by atoms with Crippen molar-refractivity contribution in [1.29, 1.82) is 0 Å². The van der Waals surface area contributed by atoms with Crippen LogP contribution in [0.4, 0.5) is 0 Å². The second-order valence-corrected chi connectivity index (χ2v) is 3.78. The van der Waals surface area contributed by atoms with Crippen LogP contribution in [0, 0.1) is 5.92 Å². The van der Waals surface area contributed by atoms with E-state index in [1.165, 1.54) is 25.7 Å². The van der Waals surface area contributed by atoms with E-state index in [1.54, 1.807) is 0 Å².